The van der Waals surface area contributed by atoms with E-state index in [9.17, 15) is 4.79 Å². The molecule has 0 radical (unpaired) electrons. The first-order valence-electron chi connectivity index (χ1n) is 7.30. The summed E-state index contributed by atoms with van der Waals surface area (Å²) in [7, 11) is 0. The molecular formula is C16H20BrN3O. The third-order valence-corrected chi connectivity index (χ3v) is 3.63. The van der Waals surface area contributed by atoms with Crippen LogP contribution in [0.15, 0.2) is 34.8 Å². The molecule has 0 aliphatic heterocycles. The predicted octanol–water partition coefficient (Wildman–Crippen LogP) is 4.26. The van der Waals surface area contributed by atoms with Crippen LogP contribution >= 0.6 is 15.9 Å². The molecule has 5 heteroatoms. The Balaban J connectivity index is 0.000000774. The third kappa shape index (κ3) is 4.70. The number of nitrogens with one attached hydrogen (secondary N) is 2. The molecule has 0 bridgehead atoms. The van der Waals surface area contributed by atoms with Gasteiger partial charge in [0.05, 0.1) is 6.42 Å². The lowest BCUT2D eigenvalue weighted by molar-refractivity contribution is -0.115. The first-order valence-corrected chi connectivity index (χ1v) is 8.09. The Bertz CT molecular complexity index is 605. The van der Waals surface area contributed by atoms with Gasteiger partial charge in [-0.15, -0.1) is 0 Å². The summed E-state index contributed by atoms with van der Waals surface area (Å²) >= 11 is 3.40. The Morgan fingerprint density at radius 3 is 2.81 bits per heavy atom. The number of aromatic nitrogens is 2. The van der Waals surface area contributed by atoms with E-state index in [-0.39, 0.29) is 5.91 Å². The van der Waals surface area contributed by atoms with E-state index >= 15 is 0 Å². The molecule has 1 fully saturated rings. The summed E-state index contributed by atoms with van der Waals surface area (Å²) in [5, 5.41) is 9.90. The maximum absolute atomic E-state index is 11.9. The molecule has 1 aromatic carbocycles. The average molecular weight is 350 g/mol. The number of H-pyrrole nitrogens is 1. The van der Waals surface area contributed by atoms with Crippen LogP contribution in [-0.4, -0.2) is 16.1 Å². The highest BCUT2D eigenvalue weighted by Crippen LogP contribution is 2.39. The summed E-state index contributed by atoms with van der Waals surface area (Å²) in [5.74, 6) is 1.18. The lowest BCUT2D eigenvalue weighted by atomic mass is 10.1. The van der Waals surface area contributed by atoms with E-state index in [0.717, 1.165) is 15.7 Å². The highest BCUT2D eigenvalue weighted by atomic mass is 79.9. The fourth-order valence-corrected chi connectivity index (χ4v) is 2.47. The number of aromatic amines is 1. The molecule has 0 atom stereocenters. The lowest BCUT2D eigenvalue weighted by Gasteiger charge is -2.02. The largest absolute Gasteiger partial charge is 0.309 e. The van der Waals surface area contributed by atoms with Gasteiger partial charge < -0.3 is 5.32 Å². The van der Waals surface area contributed by atoms with Crippen LogP contribution in [-0.2, 0) is 11.2 Å². The van der Waals surface area contributed by atoms with Crippen LogP contribution in [0.4, 0.5) is 5.82 Å². The molecule has 3 rings (SSSR count). The second kappa shape index (κ2) is 7.41. The molecule has 4 nitrogen and oxygen atoms in total. The molecule has 1 amide bonds. The average Bonchev–Trinajstić information content (AvgIpc) is 3.22. The second-order valence-corrected chi connectivity index (χ2v) is 5.75. The maximum atomic E-state index is 11.9. The number of hydrogen-bond donors (Lipinski definition) is 2. The highest BCUT2D eigenvalue weighted by molar-refractivity contribution is 9.10. The molecule has 0 unspecified atom stereocenters. The minimum absolute atomic E-state index is 0.0491. The van der Waals surface area contributed by atoms with Gasteiger partial charge in [0.25, 0.3) is 0 Å². The molecule has 2 N–H and O–H groups in total. The van der Waals surface area contributed by atoms with E-state index in [1.54, 1.807) is 0 Å². The normalized spacial score (nSPS) is 13.3. The molecule has 0 saturated heterocycles. The van der Waals surface area contributed by atoms with Crippen LogP contribution in [0.25, 0.3) is 0 Å². The van der Waals surface area contributed by atoms with Gasteiger partial charge in [-0.2, -0.15) is 5.10 Å². The van der Waals surface area contributed by atoms with Crippen molar-refractivity contribution in [1.29, 1.82) is 0 Å². The number of benzene rings is 1. The molecule has 1 aliphatic rings. The molecule has 112 valence electrons. The van der Waals surface area contributed by atoms with E-state index in [4.69, 9.17) is 0 Å². The number of carbonyl (C=O) groups excluding carboxylic acids is 1. The van der Waals surface area contributed by atoms with E-state index in [0.29, 0.717) is 18.2 Å². The fraction of sp³-hybridized carbons (Fsp3) is 0.375. The van der Waals surface area contributed by atoms with Crippen LogP contribution < -0.4 is 5.32 Å². The zero-order chi connectivity index (χ0) is 15.2. The van der Waals surface area contributed by atoms with Gasteiger partial charge in [0.15, 0.2) is 5.82 Å². The Morgan fingerprint density at radius 2 is 2.14 bits per heavy atom. The van der Waals surface area contributed by atoms with Gasteiger partial charge in [-0.1, -0.05) is 41.9 Å². The minimum atomic E-state index is -0.0491. The van der Waals surface area contributed by atoms with Crippen molar-refractivity contribution in [1.82, 2.24) is 10.2 Å². The second-order valence-electron chi connectivity index (χ2n) is 4.84. The number of hydrogen-bond acceptors (Lipinski definition) is 2. The van der Waals surface area contributed by atoms with Crippen molar-refractivity contribution in [3.8, 4) is 0 Å². The molecule has 1 saturated carbocycles. The molecule has 2 aromatic rings. The molecule has 1 heterocycles. The zero-order valence-corrected chi connectivity index (χ0v) is 13.9. The van der Waals surface area contributed by atoms with Crippen molar-refractivity contribution in [3.05, 3.63) is 46.1 Å². The molecule has 1 aliphatic carbocycles. The number of rotatable bonds is 4. The molecule has 0 spiro atoms. The molecule has 21 heavy (non-hydrogen) atoms. The van der Waals surface area contributed by atoms with Crippen molar-refractivity contribution in [2.75, 3.05) is 5.32 Å². The van der Waals surface area contributed by atoms with Gasteiger partial charge >= 0.3 is 0 Å². The maximum Gasteiger partial charge on any atom is 0.229 e. The third-order valence-electron chi connectivity index (χ3n) is 3.14. The Labute approximate surface area is 133 Å². The van der Waals surface area contributed by atoms with Crippen molar-refractivity contribution < 1.29 is 4.79 Å². The number of anilines is 1. The fourth-order valence-electron chi connectivity index (χ4n) is 2.02. The van der Waals surface area contributed by atoms with Gasteiger partial charge in [0, 0.05) is 22.2 Å². The summed E-state index contributed by atoms with van der Waals surface area (Å²) in [4.78, 5) is 11.9. The van der Waals surface area contributed by atoms with Crippen molar-refractivity contribution in [2.45, 2.75) is 39.0 Å². The standard InChI is InChI=1S/C14H14BrN3O.C2H6/c15-11-3-1-2-9(6-11)7-14(19)16-13-8-12(17-18-13)10-4-5-10;1-2/h1-3,6,8,10H,4-5,7H2,(H2,16,17,18,19);1-2H3. The number of halogens is 1. The summed E-state index contributed by atoms with van der Waals surface area (Å²) in [5.41, 5.74) is 2.10. The van der Waals surface area contributed by atoms with Gasteiger partial charge in [-0.25, -0.2) is 0 Å². The summed E-state index contributed by atoms with van der Waals surface area (Å²) in [6.45, 7) is 4.00. The van der Waals surface area contributed by atoms with E-state index in [1.165, 1.54) is 12.8 Å². The van der Waals surface area contributed by atoms with E-state index in [2.05, 4.69) is 31.4 Å². The van der Waals surface area contributed by atoms with E-state index < -0.39 is 0 Å². The zero-order valence-electron chi connectivity index (χ0n) is 12.3. The summed E-state index contributed by atoms with van der Waals surface area (Å²) < 4.78 is 0.980. The van der Waals surface area contributed by atoms with Crippen molar-refractivity contribution in [3.63, 3.8) is 0 Å². The first-order chi connectivity index (χ1) is 10.2. The predicted molar refractivity (Wildman–Crippen MR) is 88.4 cm³/mol. The van der Waals surface area contributed by atoms with Crippen LogP contribution in [0.2, 0.25) is 0 Å². The number of nitrogens with zero attached hydrogens (tertiary/aromatic N) is 1. The van der Waals surface area contributed by atoms with Gasteiger partial charge in [0.1, 0.15) is 0 Å². The Hall–Kier alpha value is -1.62. The first kappa shape index (κ1) is 15.8. The van der Waals surface area contributed by atoms with Crippen molar-refractivity contribution >= 4 is 27.7 Å². The molecular weight excluding hydrogens is 330 g/mol. The Kier molecular flexibility index (Phi) is 5.56. The highest BCUT2D eigenvalue weighted by Gasteiger charge is 2.25. The topological polar surface area (TPSA) is 57.8 Å². The minimum Gasteiger partial charge on any atom is -0.309 e. The summed E-state index contributed by atoms with van der Waals surface area (Å²) in [6.07, 6.45) is 2.78. The van der Waals surface area contributed by atoms with Gasteiger partial charge in [0.2, 0.25) is 5.91 Å². The van der Waals surface area contributed by atoms with Crippen molar-refractivity contribution in [2.24, 2.45) is 0 Å². The van der Waals surface area contributed by atoms with Crippen LogP contribution in [0.1, 0.15) is 43.9 Å². The monoisotopic (exact) mass is 349 g/mol. The SMILES string of the molecule is CC.O=C(Cc1cccc(Br)c1)Nc1cc(C2CC2)[nH]n1. The Morgan fingerprint density at radius 1 is 1.38 bits per heavy atom. The van der Waals surface area contributed by atoms with Gasteiger partial charge in [-0.05, 0) is 30.5 Å². The van der Waals surface area contributed by atoms with E-state index in [1.807, 2.05) is 44.2 Å². The lowest BCUT2D eigenvalue weighted by Crippen LogP contribution is -2.14. The van der Waals surface area contributed by atoms with Crippen LogP contribution in [0.3, 0.4) is 0 Å². The number of amides is 1. The molecule has 1 aromatic heterocycles. The van der Waals surface area contributed by atoms with Crippen LogP contribution in [0.5, 0.6) is 0 Å². The quantitative estimate of drug-likeness (QED) is 0.866. The smallest absolute Gasteiger partial charge is 0.229 e. The number of carbonyl (C=O) groups is 1. The summed E-state index contributed by atoms with van der Waals surface area (Å²) in [6, 6.07) is 9.67. The van der Waals surface area contributed by atoms with Crippen LogP contribution in [0, 0.1) is 0 Å². The van der Waals surface area contributed by atoms with Gasteiger partial charge in [-0.3, -0.25) is 9.89 Å².